The van der Waals surface area contributed by atoms with Crippen LogP contribution in [0.4, 0.5) is 0 Å². The molecule has 0 saturated carbocycles. The molecule has 0 amide bonds. The Kier molecular flexibility index (Phi) is 8.21. The van der Waals surface area contributed by atoms with E-state index in [9.17, 15) is 5.11 Å². The number of guanidine groups is 1. The van der Waals surface area contributed by atoms with Gasteiger partial charge < -0.3 is 29.2 Å². The number of hydrogen-bond donors (Lipinski definition) is 2. The van der Waals surface area contributed by atoms with Gasteiger partial charge in [-0.25, -0.2) is 4.99 Å². The van der Waals surface area contributed by atoms with Gasteiger partial charge in [-0.3, -0.25) is 0 Å². The average molecular weight is 515 g/mol. The second kappa shape index (κ2) is 10.2. The van der Waals surface area contributed by atoms with E-state index in [4.69, 9.17) is 13.9 Å². The third-order valence-electron chi connectivity index (χ3n) is 4.94. The summed E-state index contributed by atoms with van der Waals surface area (Å²) in [4.78, 5) is 6.87. The molecule has 1 aliphatic rings. The number of nitrogens with zero attached hydrogens (tertiary/aromatic N) is 2. The van der Waals surface area contributed by atoms with E-state index >= 15 is 0 Å². The van der Waals surface area contributed by atoms with Crippen LogP contribution in [-0.4, -0.2) is 49.8 Å². The van der Waals surface area contributed by atoms with Gasteiger partial charge in [0.2, 0.25) is 0 Å². The van der Waals surface area contributed by atoms with Crippen molar-refractivity contribution in [3.05, 3.63) is 47.4 Å². The fourth-order valence-corrected chi connectivity index (χ4v) is 3.38. The van der Waals surface area contributed by atoms with Crippen molar-refractivity contribution in [1.82, 2.24) is 10.2 Å². The summed E-state index contributed by atoms with van der Waals surface area (Å²) in [7, 11) is 3.30. The molecule has 1 aromatic carbocycles. The average Bonchev–Trinajstić information content (AvgIpc) is 3.25. The molecule has 2 aromatic rings. The van der Waals surface area contributed by atoms with Crippen LogP contribution in [0.5, 0.6) is 11.5 Å². The molecule has 7 nitrogen and oxygen atoms in total. The van der Waals surface area contributed by atoms with Crippen molar-refractivity contribution in [2.45, 2.75) is 32.4 Å². The first-order chi connectivity index (χ1) is 13.5. The molecule has 1 aromatic heterocycles. The maximum atomic E-state index is 10.7. The Hall–Kier alpha value is -1.94. The first kappa shape index (κ1) is 23.3. The van der Waals surface area contributed by atoms with E-state index in [-0.39, 0.29) is 30.5 Å². The topological polar surface area (TPSA) is 79.5 Å². The minimum absolute atomic E-state index is 0. The van der Waals surface area contributed by atoms with Crippen LogP contribution in [0.15, 0.2) is 39.9 Å². The number of hydrogen-bond acceptors (Lipinski definition) is 5. The van der Waals surface area contributed by atoms with Gasteiger partial charge in [0.15, 0.2) is 17.5 Å². The minimum Gasteiger partial charge on any atom is -0.493 e. The fourth-order valence-electron chi connectivity index (χ4n) is 3.38. The number of ether oxygens (including phenoxy) is 2. The zero-order valence-corrected chi connectivity index (χ0v) is 19.7. The quantitative estimate of drug-likeness (QED) is 0.350. The molecule has 2 N–H and O–H groups in total. The van der Waals surface area contributed by atoms with Gasteiger partial charge in [0, 0.05) is 19.6 Å². The third-order valence-corrected chi connectivity index (χ3v) is 4.94. The van der Waals surface area contributed by atoms with Crippen LogP contribution in [0.1, 0.15) is 30.7 Å². The Balaban J connectivity index is 0.00000300. The highest BCUT2D eigenvalue weighted by Crippen LogP contribution is 2.33. The maximum absolute atomic E-state index is 10.7. The van der Waals surface area contributed by atoms with Crippen molar-refractivity contribution >= 4 is 29.9 Å². The van der Waals surface area contributed by atoms with Crippen LogP contribution < -0.4 is 14.8 Å². The lowest BCUT2D eigenvalue weighted by molar-refractivity contribution is 0.0434. The van der Waals surface area contributed by atoms with E-state index < -0.39 is 5.60 Å². The molecule has 1 unspecified atom stereocenters. The minimum atomic E-state index is -1.16. The van der Waals surface area contributed by atoms with Crippen molar-refractivity contribution in [1.29, 1.82) is 0 Å². The van der Waals surface area contributed by atoms with Crippen LogP contribution in [-0.2, 0) is 18.6 Å². The number of fused-ring (bicyclic) bond motifs is 1. The van der Waals surface area contributed by atoms with Gasteiger partial charge in [0.1, 0.15) is 11.4 Å². The van der Waals surface area contributed by atoms with E-state index in [1.165, 1.54) is 11.1 Å². The summed E-state index contributed by atoms with van der Waals surface area (Å²) in [6, 6.07) is 7.61. The standard InChI is InChI=1S/C21H29N3O4.HI/c1-5-22-20(23-14-21(2,25)19-7-6-10-28-19)24-9-8-15-11-17(26-3)18(27-4)12-16(15)13-24;/h6-7,10-12,25H,5,8-9,13-14H2,1-4H3,(H,22,23);1H. The van der Waals surface area contributed by atoms with Crippen molar-refractivity contribution < 1.29 is 19.0 Å². The van der Waals surface area contributed by atoms with Crippen LogP contribution >= 0.6 is 24.0 Å². The summed E-state index contributed by atoms with van der Waals surface area (Å²) in [5.41, 5.74) is 1.29. The Morgan fingerprint density at radius 2 is 1.97 bits per heavy atom. The smallest absolute Gasteiger partial charge is 0.194 e. The van der Waals surface area contributed by atoms with Gasteiger partial charge in [-0.15, -0.1) is 24.0 Å². The number of aliphatic hydroxyl groups is 1. The second-order valence-electron chi connectivity index (χ2n) is 7.07. The Bertz CT molecular complexity index is 822. The first-order valence-corrected chi connectivity index (χ1v) is 9.52. The summed E-state index contributed by atoms with van der Waals surface area (Å²) in [6.45, 7) is 6.24. The zero-order chi connectivity index (χ0) is 20.1. The molecule has 160 valence electrons. The van der Waals surface area contributed by atoms with Crippen LogP contribution in [0.3, 0.4) is 0 Å². The molecule has 2 heterocycles. The highest BCUT2D eigenvalue weighted by molar-refractivity contribution is 14.0. The summed E-state index contributed by atoms with van der Waals surface area (Å²) >= 11 is 0. The number of nitrogens with one attached hydrogen (secondary N) is 1. The number of aliphatic imine (C=N–C) groups is 1. The highest BCUT2D eigenvalue weighted by Gasteiger charge is 2.27. The number of rotatable bonds is 6. The maximum Gasteiger partial charge on any atom is 0.194 e. The lowest BCUT2D eigenvalue weighted by Gasteiger charge is -2.32. The van der Waals surface area contributed by atoms with Crippen molar-refractivity contribution in [2.75, 3.05) is 33.9 Å². The van der Waals surface area contributed by atoms with Crippen molar-refractivity contribution in [3.8, 4) is 11.5 Å². The van der Waals surface area contributed by atoms with Crippen molar-refractivity contribution in [3.63, 3.8) is 0 Å². The predicted molar refractivity (Wildman–Crippen MR) is 123 cm³/mol. The summed E-state index contributed by atoms with van der Waals surface area (Å²) in [5.74, 6) is 2.76. The molecular weight excluding hydrogens is 485 g/mol. The number of halogens is 1. The van der Waals surface area contributed by atoms with Crippen LogP contribution in [0, 0.1) is 0 Å². The number of furan rings is 1. The molecule has 0 radical (unpaired) electrons. The molecule has 1 aliphatic heterocycles. The largest absolute Gasteiger partial charge is 0.493 e. The Labute approximate surface area is 189 Å². The van der Waals surface area contributed by atoms with Gasteiger partial charge in [-0.05, 0) is 55.7 Å². The summed E-state index contributed by atoms with van der Waals surface area (Å²) in [6.07, 6.45) is 2.44. The molecule has 1 atom stereocenters. The van der Waals surface area contributed by atoms with Gasteiger partial charge in [0.25, 0.3) is 0 Å². The van der Waals surface area contributed by atoms with E-state index in [1.54, 1.807) is 39.5 Å². The SMILES string of the molecule is CCNC(=NCC(C)(O)c1ccco1)N1CCc2cc(OC)c(OC)cc2C1.I. The molecule has 0 fully saturated rings. The fraction of sp³-hybridized carbons (Fsp3) is 0.476. The normalized spacial score (nSPS) is 15.8. The number of methoxy groups -OCH3 is 2. The molecule has 29 heavy (non-hydrogen) atoms. The Morgan fingerprint density at radius 1 is 1.28 bits per heavy atom. The molecule has 0 spiro atoms. The lowest BCUT2D eigenvalue weighted by Crippen LogP contribution is -2.44. The number of benzene rings is 1. The molecular formula is C21H30IN3O4. The molecule has 3 rings (SSSR count). The van der Waals surface area contributed by atoms with E-state index in [0.717, 1.165) is 37.0 Å². The van der Waals surface area contributed by atoms with E-state index in [0.29, 0.717) is 12.3 Å². The van der Waals surface area contributed by atoms with Gasteiger partial charge in [-0.1, -0.05) is 0 Å². The summed E-state index contributed by atoms with van der Waals surface area (Å²) in [5, 5.41) is 14.0. The van der Waals surface area contributed by atoms with Crippen LogP contribution in [0.2, 0.25) is 0 Å². The predicted octanol–water partition coefficient (Wildman–Crippen LogP) is 3.15. The second-order valence-corrected chi connectivity index (χ2v) is 7.07. The first-order valence-electron chi connectivity index (χ1n) is 9.52. The van der Waals surface area contributed by atoms with Gasteiger partial charge >= 0.3 is 0 Å². The van der Waals surface area contributed by atoms with E-state index in [2.05, 4.69) is 21.3 Å². The molecule has 0 saturated heterocycles. The van der Waals surface area contributed by atoms with Crippen LogP contribution in [0.25, 0.3) is 0 Å². The lowest BCUT2D eigenvalue weighted by atomic mass is 9.99. The Morgan fingerprint density at radius 3 is 2.55 bits per heavy atom. The van der Waals surface area contributed by atoms with Gasteiger partial charge in [0.05, 0.1) is 27.0 Å². The zero-order valence-electron chi connectivity index (χ0n) is 17.4. The van der Waals surface area contributed by atoms with Gasteiger partial charge in [-0.2, -0.15) is 0 Å². The van der Waals surface area contributed by atoms with E-state index in [1.807, 2.05) is 13.0 Å². The summed E-state index contributed by atoms with van der Waals surface area (Å²) < 4.78 is 16.2. The highest BCUT2D eigenvalue weighted by atomic mass is 127. The molecule has 0 bridgehead atoms. The monoisotopic (exact) mass is 515 g/mol. The molecule has 8 heteroatoms. The third kappa shape index (κ3) is 5.36. The molecule has 0 aliphatic carbocycles. The van der Waals surface area contributed by atoms with Crippen molar-refractivity contribution in [2.24, 2.45) is 4.99 Å².